The number of nitrogens with one attached hydrogen (secondary N) is 1. The maximum absolute atomic E-state index is 13.0. The summed E-state index contributed by atoms with van der Waals surface area (Å²) in [5.41, 5.74) is 4.48. The smallest absolute Gasteiger partial charge is 0.253 e. The molecule has 0 aliphatic carbocycles. The van der Waals surface area contributed by atoms with Crippen LogP contribution < -0.4 is 10.1 Å². The van der Waals surface area contributed by atoms with Crippen molar-refractivity contribution in [2.45, 2.75) is 25.8 Å². The van der Waals surface area contributed by atoms with Crippen molar-refractivity contribution in [3.8, 4) is 16.9 Å². The molecule has 0 saturated carbocycles. The third kappa shape index (κ3) is 4.83. The van der Waals surface area contributed by atoms with Crippen LogP contribution in [0.2, 0.25) is 0 Å². The van der Waals surface area contributed by atoms with Crippen molar-refractivity contribution < 1.29 is 14.3 Å². The number of carbonyl (C=O) groups excluding carboxylic acids is 2. The second-order valence-corrected chi connectivity index (χ2v) is 8.18. The highest BCUT2D eigenvalue weighted by molar-refractivity contribution is 5.95. The van der Waals surface area contributed by atoms with Gasteiger partial charge in [0, 0.05) is 35.8 Å². The van der Waals surface area contributed by atoms with E-state index in [2.05, 4.69) is 5.32 Å². The summed E-state index contributed by atoms with van der Waals surface area (Å²) >= 11 is 0. The fourth-order valence-electron chi connectivity index (χ4n) is 4.06. The van der Waals surface area contributed by atoms with E-state index in [4.69, 9.17) is 4.74 Å². The molecule has 1 aliphatic heterocycles. The number of hydrogen-bond acceptors (Lipinski definition) is 3. The van der Waals surface area contributed by atoms with E-state index in [1.165, 1.54) is 0 Å². The summed E-state index contributed by atoms with van der Waals surface area (Å²) in [5, 5.41) is 3.10. The van der Waals surface area contributed by atoms with Crippen LogP contribution in [0.15, 0.2) is 72.8 Å². The van der Waals surface area contributed by atoms with Crippen LogP contribution in [0, 0.1) is 6.92 Å². The maximum Gasteiger partial charge on any atom is 0.253 e. The zero-order valence-electron chi connectivity index (χ0n) is 18.5. The highest BCUT2D eigenvalue weighted by atomic mass is 16.5. The second-order valence-electron chi connectivity index (χ2n) is 8.18. The van der Waals surface area contributed by atoms with E-state index in [0.29, 0.717) is 24.2 Å². The third-order valence-corrected chi connectivity index (χ3v) is 5.98. The molecule has 3 aromatic rings. The average molecular weight is 429 g/mol. The summed E-state index contributed by atoms with van der Waals surface area (Å²) < 4.78 is 5.44. The highest BCUT2D eigenvalue weighted by Crippen LogP contribution is 2.29. The Morgan fingerprint density at radius 1 is 0.875 bits per heavy atom. The molecule has 1 heterocycles. The molecular weight excluding hydrogens is 400 g/mol. The van der Waals surface area contributed by atoms with Crippen molar-refractivity contribution in [2.75, 3.05) is 20.2 Å². The number of aryl methyl sites for hydroxylation is 1. The Balaban J connectivity index is 1.34. The van der Waals surface area contributed by atoms with Gasteiger partial charge in [0.2, 0.25) is 0 Å². The molecule has 0 aromatic heterocycles. The van der Waals surface area contributed by atoms with Crippen LogP contribution in [-0.4, -0.2) is 43.0 Å². The van der Waals surface area contributed by atoms with E-state index in [9.17, 15) is 9.59 Å². The molecule has 0 spiro atoms. The van der Waals surface area contributed by atoms with Gasteiger partial charge in [-0.2, -0.15) is 0 Å². The monoisotopic (exact) mass is 428 g/mol. The molecule has 32 heavy (non-hydrogen) atoms. The second kappa shape index (κ2) is 9.69. The number of nitrogens with zero attached hydrogens (tertiary/aromatic N) is 1. The Labute approximate surface area is 189 Å². The van der Waals surface area contributed by atoms with Gasteiger partial charge in [-0.3, -0.25) is 9.59 Å². The van der Waals surface area contributed by atoms with Gasteiger partial charge in [0.25, 0.3) is 11.8 Å². The highest BCUT2D eigenvalue weighted by Gasteiger charge is 2.25. The van der Waals surface area contributed by atoms with Gasteiger partial charge in [-0.1, -0.05) is 48.0 Å². The van der Waals surface area contributed by atoms with Crippen LogP contribution in [0.5, 0.6) is 5.75 Å². The van der Waals surface area contributed by atoms with E-state index in [1.807, 2.05) is 84.6 Å². The quantitative estimate of drug-likeness (QED) is 0.641. The first-order chi connectivity index (χ1) is 15.5. The van der Waals surface area contributed by atoms with Crippen molar-refractivity contribution in [3.63, 3.8) is 0 Å². The van der Waals surface area contributed by atoms with Crippen LogP contribution in [0.25, 0.3) is 11.1 Å². The molecule has 1 aliphatic rings. The van der Waals surface area contributed by atoms with Crippen molar-refractivity contribution in [1.29, 1.82) is 0 Å². The molecule has 0 bridgehead atoms. The number of para-hydroxylation sites is 1. The minimum Gasteiger partial charge on any atom is -0.496 e. The Morgan fingerprint density at radius 2 is 1.50 bits per heavy atom. The van der Waals surface area contributed by atoms with Gasteiger partial charge < -0.3 is 15.0 Å². The number of likely N-dealkylation sites (tertiary alicyclic amines) is 1. The molecule has 5 nitrogen and oxygen atoms in total. The Kier molecular flexibility index (Phi) is 6.55. The predicted molar refractivity (Wildman–Crippen MR) is 126 cm³/mol. The fraction of sp³-hybridized carbons (Fsp3) is 0.259. The van der Waals surface area contributed by atoms with Gasteiger partial charge in [0.05, 0.1) is 7.11 Å². The van der Waals surface area contributed by atoms with Crippen LogP contribution in [0.4, 0.5) is 0 Å². The van der Waals surface area contributed by atoms with Crippen LogP contribution in [0.1, 0.15) is 39.1 Å². The SMILES string of the molecule is COc1ccccc1-c1ccc(C(=O)N2CCC(NC(=O)c3ccc(C)cc3)CC2)cc1. The lowest BCUT2D eigenvalue weighted by Crippen LogP contribution is -2.46. The first-order valence-corrected chi connectivity index (χ1v) is 11.0. The maximum atomic E-state index is 13.0. The molecule has 5 heteroatoms. The number of piperidine rings is 1. The number of methoxy groups -OCH3 is 1. The number of rotatable bonds is 5. The molecule has 164 valence electrons. The first-order valence-electron chi connectivity index (χ1n) is 11.0. The number of hydrogen-bond donors (Lipinski definition) is 1. The van der Waals surface area contributed by atoms with E-state index < -0.39 is 0 Å². The molecule has 0 radical (unpaired) electrons. The molecule has 1 fully saturated rings. The molecule has 0 unspecified atom stereocenters. The Morgan fingerprint density at radius 3 is 2.16 bits per heavy atom. The Bertz CT molecular complexity index is 1080. The van der Waals surface area contributed by atoms with Crippen molar-refractivity contribution >= 4 is 11.8 Å². The lowest BCUT2D eigenvalue weighted by molar-refractivity contribution is 0.0698. The van der Waals surface area contributed by atoms with Crippen molar-refractivity contribution in [1.82, 2.24) is 10.2 Å². The zero-order valence-corrected chi connectivity index (χ0v) is 18.5. The van der Waals surface area contributed by atoms with Gasteiger partial charge >= 0.3 is 0 Å². The zero-order chi connectivity index (χ0) is 22.5. The topological polar surface area (TPSA) is 58.6 Å². The van der Waals surface area contributed by atoms with Gasteiger partial charge in [-0.15, -0.1) is 0 Å². The Hall–Kier alpha value is -3.60. The lowest BCUT2D eigenvalue weighted by Gasteiger charge is -2.32. The van der Waals surface area contributed by atoms with Crippen molar-refractivity contribution in [3.05, 3.63) is 89.5 Å². The van der Waals surface area contributed by atoms with E-state index in [-0.39, 0.29) is 17.9 Å². The molecule has 1 N–H and O–H groups in total. The minimum atomic E-state index is -0.0540. The summed E-state index contributed by atoms with van der Waals surface area (Å²) in [4.78, 5) is 27.3. The summed E-state index contributed by atoms with van der Waals surface area (Å²) in [6.07, 6.45) is 1.51. The van der Waals surface area contributed by atoms with Gasteiger partial charge in [0.1, 0.15) is 5.75 Å². The fourth-order valence-corrected chi connectivity index (χ4v) is 4.06. The summed E-state index contributed by atoms with van der Waals surface area (Å²) in [5.74, 6) is 0.780. The molecule has 3 aromatic carbocycles. The molecule has 4 rings (SSSR count). The van der Waals surface area contributed by atoms with Crippen LogP contribution >= 0.6 is 0 Å². The molecule has 2 amide bonds. The standard InChI is InChI=1S/C27H28N2O3/c1-19-7-9-21(10-8-19)26(30)28-23-15-17-29(18-16-23)27(31)22-13-11-20(12-14-22)24-5-3-4-6-25(24)32-2/h3-14,23H,15-18H2,1-2H3,(H,28,30). The van der Waals surface area contributed by atoms with E-state index in [0.717, 1.165) is 35.3 Å². The molecule has 0 atom stereocenters. The van der Waals surface area contributed by atoms with E-state index in [1.54, 1.807) is 7.11 Å². The average Bonchev–Trinajstić information content (AvgIpc) is 2.84. The van der Waals surface area contributed by atoms with Gasteiger partial charge in [-0.25, -0.2) is 0 Å². The van der Waals surface area contributed by atoms with Gasteiger partial charge in [0.15, 0.2) is 0 Å². The number of carbonyl (C=O) groups is 2. The van der Waals surface area contributed by atoms with Crippen LogP contribution in [0.3, 0.4) is 0 Å². The van der Waals surface area contributed by atoms with Crippen LogP contribution in [-0.2, 0) is 0 Å². The summed E-state index contributed by atoms with van der Waals surface area (Å²) in [7, 11) is 1.66. The van der Waals surface area contributed by atoms with Crippen molar-refractivity contribution in [2.24, 2.45) is 0 Å². The predicted octanol–water partition coefficient (Wildman–Crippen LogP) is 4.71. The van der Waals surface area contributed by atoms with E-state index >= 15 is 0 Å². The molecular formula is C27H28N2O3. The number of ether oxygens (including phenoxy) is 1. The van der Waals surface area contributed by atoms with Gasteiger partial charge in [-0.05, 0) is 55.7 Å². The largest absolute Gasteiger partial charge is 0.496 e. The normalized spacial score (nSPS) is 14.1. The number of benzene rings is 3. The third-order valence-electron chi connectivity index (χ3n) is 5.98. The summed E-state index contributed by atoms with van der Waals surface area (Å²) in [6.45, 7) is 3.26. The minimum absolute atomic E-state index is 0.0277. The summed E-state index contributed by atoms with van der Waals surface area (Å²) in [6, 6.07) is 23.2. The lowest BCUT2D eigenvalue weighted by atomic mass is 10.0. The molecule has 1 saturated heterocycles. The number of amides is 2. The first kappa shape index (κ1) is 21.6.